The van der Waals surface area contributed by atoms with E-state index in [-0.39, 0.29) is 0 Å². The van der Waals surface area contributed by atoms with Crippen molar-refractivity contribution in [3.05, 3.63) is 188 Å². The van der Waals surface area contributed by atoms with Crippen LogP contribution in [0, 0.1) is 0 Å². The van der Waals surface area contributed by atoms with Gasteiger partial charge >= 0.3 is 0 Å². The molecule has 256 valence electrons. The average molecular weight is 702 g/mol. The van der Waals surface area contributed by atoms with Gasteiger partial charge in [-0.3, -0.25) is 0 Å². The molecule has 2 aromatic heterocycles. The van der Waals surface area contributed by atoms with Crippen molar-refractivity contribution >= 4 is 54.3 Å². The van der Waals surface area contributed by atoms with E-state index in [0.717, 1.165) is 49.8 Å². The number of aromatic nitrogens is 3. The highest BCUT2D eigenvalue weighted by Gasteiger charge is 2.17. The molecule has 55 heavy (non-hydrogen) atoms. The Balaban J connectivity index is 1.08. The summed E-state index contributed by atoms with van der Waals surface area (Å²) in [6.07, 6.45) is 0. The number of fused-ring (bicyclic) bond motifs is 9. The van der Waals surface area contributed by atoms with Crippen LogP contribution in [0.3, 0.4) is 0 Å². The predicted molar refractivity (Wildman–Crippen MR) is 227 cm³/mol. The summed E-state index contributed by atoms with van der Waals surface area (Å²) in [5.41, 5.74) is 9.23. The van der Waals surface area contributed by atoms with E-state index >= 15 is 0 Å². The molecule has 0 N–H and O–H groups in total. The van der Waals surface area contributed by atoms with Gasteiger partial charge in [0.05, 0.1) is 0 Å². The maximum Gasteiger partial charge on any atom is 0.164 e. The highest BCUT2D eigenvalue weighted by atomic mass is 16.3. The van der Waals surface area contributed by atoms with E-state index < -0.39 is 0 Å². The van der Waals surface area contributed by atoms with Crippen LogP contribution in [-0.4, -0.2) is 15.0 Å². The topological polar surface area (TPSA) is 51.8 Å². The Morgan fingerprint density at radius 3 is 1.51 bits per heavy atom. The fourth-order valence-electron chi connectivity index (χ4n) is 8.09. The average Bonchev–Trinajstić information content (AvgIpc) is 3.64. The van der Waals surface area contributed by atoms with Gasteiger partial charge in [0.1, 0.15) is 11.2 Å². The quantitative estimate of drug-likeness (QED) is 0.168. The largest absolute Gasteiger partial charge is 0.456 e. The van der Waals surface area contributed by atoms with E-state index in [4.69, 9.17) is 19.4 Å². The molecule has 0 spiro atoms. The van der Waals surface area contributed by atoms with Crippen molar-refractivity contribution in [2.75, 3.05) is 0 Å². The van der Waals surface area contributed by atoms with Crippen molar-refractivity contribution in [1.29, 1.82) is 0 Å². The summed E-state index contributed by atoms with van der Waals surface area (Å²) in [6.45, 7) is 0. The molecule has 0 unspecified atom stereocenters. The minimum absolute atomic E-state index is 0.638. The second-order valence-corrected chi connectivity index (χ2v) is 14.0. The van der Waals surface area contributed by atoms with Crippen LogP contribution in [0.4, 0.5) is 0 Å². The van der Waals surface area contributed by atoms with Crippen molar-refractivity contribution < 1.29 is 4.42 Å². The minimum Gasteiger partial charge on any atom is -0.456 e. The number of hydrogen-bond donors (Lipinski definition) is 0. The summed E-state index contributed by atoms with van der Waals surface area (Å²) in [7, 11) is 0. The maximum absolute atomic E-state index is 6.19. The van der Waals surface area contributed by atoms with E-state index in [1.807, 2.05) is 72.8 Å². The predicted octanol–water partition coefficient (Wildman–Crippen LogP) is 13.6. The summed E-state index contributed by atoms with van der Waals surface area (Å²) >= 11 is 0. The van der Waals surface area contributed by atoms with Crippen molar-refractivity contribution in [3.63, 3.8) is 0 Å². The molecule has 11 aromatic rings. The van der Waals surface area contributed by atoms with Gasteiger partial charge < -0.3 is 4.42 Å². The lowest BCUT2D eigenvalue weighted by molar-refractivity contribution is 0.669. The highest BCUT2D eigenvalue weighted by molar-refractivity contribution is 6.29. The van der Waals surface area contributed by atoms with Crippen LogP contribution >= 0.6 is 0 Å². The summed E-state index contributed by atoms with van der Waals surface area (Å²) in [4.78, 5) is 14.9. The molecule has 11 rings (SSSR count). The van der Waals surface area contributed by atoms with E-state index in [9.17, 15) is 0 Å². The summed E-state index contributed by atoms with van der Waals surface area (Å²) < 4.78 is 6.19. The van der Waals surface area contributed by atoms with Crippen LogP contribution in [0.5, 0.6) is 0 Å². The molecule has 0 atom stereocenters. The summed E-state index contributed by atoms with van der Waals surface area (Å²) in [5.74, 6) is 1.93. The van der Waals surface area contributed by atoms with E-state index in [1.54, 1.807) is 0 Å². The van der Waals surface area contributed by atoms with E-state index in [2.05, 4.69) is 115 Å². The lowest BCUT2D eigenvalue weighted by atomic mass is 9.88. The molecule has 4 heteroatoms. The molecule has 9 aromatic carbocycles. The van der Waals surface area contributed by atoms with Gasteiger partial charge in [0.2, 0.25) is 0 Å². The molecule has 2 heterocycles. The second-order valence-electron chi connectivity index (χ2n) is 14.0. The third-order valence-corrected chi connectivity index (χ3v) is 10.7. The molecule has 0 aliphatic carbocycles. The molecule has 0 fully saturated rings. The normalized spacial score (nSPS) is 11.6. The van der Waals surface area contributed by atoms with Crippen LogP contribution in [0.15, 0.2) is 192 Å². The Hall–Kier alpha value is -7.43. The van der Waals surface area contributed by atoms with Gasteiger partial charge in [-0.15, -0.1) is 0 Å². The number of hydrogen-bond acceptors (Lipinski definition) is 4. The molecular weight excluding hydrogens is 671 g/mol. The van der Waals surface area contributed by atoms with Crippen molar-refractivity contribution in [2.24, 2.45) is 0 Å². The highest BCUT2D eigenvalue weighted by Crippen LogP contribution is 2.43. The second kappa shape index (κ2) is 12.6. The Morgan fingerprint density at radius 2 is 0.764 bits per heavy atom. The van der Waals surface area contributed by atoms with E-state index in [0.29, 0.717) is 17.5 Å². The van der Waals surface area contributed by atoms with Gasteiger partial charge in [-0.2, -0.15) is 0 Å². The van der Waals surface area contributed by atoms with Crippen molar-refractivity contribution in [3.8, 4) is 56.4 Å². The molecule has 0 amide bonds. The zero-order valence-electron chi connectivity index (χ0n) is 29.6. The molecule has 0 radical (unpaired) electrons. The summed E-state index contributed by atoms with van der Waals surface area (Å²) in [5, 5.41) is 9.65. The van der Waals surface area contributed by atoms with Gasteiger partial charge in [-0.25, -0.2) is 15.0 Å². The maximum atomic E-state index is 6.19. The SMILES string of the molecule is c1ccc(-c2nc(-c3ccccc3)nc(-c3cccc(-c4ccc5c(c4)c4ccccc4c4cccc(-c6ccc7oc8ccccc8c7c6)c45)c3)n2)cc1. The Kier molecular flexibility index (Phi) is 7.14. The van der Waals surface area contributed by atoms with Gasteiger partial charge in [0.15, 0.2) is 17.5 Å². The lowest BCUT2D eigenvalue weighted by Gasteiger charge is -2.16. The Morgan fingerprint density at radius 1 is 0.273 bits per heavy atom. The fraction of sp³-hybridized carbons (Fsp3) is 0. The fourth-order valence-corrected chi connectivity index (χ4v) is 8.09. The molecule has 0 bridgehead atoms. The first-order valence-corrected chi connectivity index (χ1v) is 18.5. The van der Waals surface area contributed by atoms with Crippen LogP contribution in [0.2, 0.25) is 0 Å². The summed E-state index contributed by atoms with van der Waals surface area (Å²) in [6, 6.07) is 65.9. The first-order valence-electron chi connectivity index (χ1n) is 18.5. The van der Waals surface area contributed by atoms with Gasteiger partial charge in [0, 0.05) is 27.5 Å². The van der Waals surface area contributed by atoms with Gasteiger partial charge in [-0.05, 0) is 84.9 Å². The number of nitrogens with zero attached hydrogens (tertiary/aromatic N) is 3. The van der Waals surface area contributed by atoms with Crippen LogP contribution in [0.25, 0.3) is 111 Å². The first-order chi connectivity index (χ1) is 27.2. The Bertz CT molecular complexity index is 3200. The van der Waals surface area contributed by atoms with Crippen molar-refractivity contribution in [2.45, 2.75) is 0 Å². The molecule has 0 saturated heterocycles. The third-order valence-electron chi connectivity index (χ3n) is 10.7. The van der Waals surface area contributed by atoms with Gasteiger partial charge in [-0.1, -0.05) is 158 Å². The smallest absolute Gasteiger partial charge is 0.164 e. The lowest BCUT2D eigenvalue weighted by Crippen LogP contribution is -2.00. The number of para-hydroxylation sites is 1. The monoisotopic (exact) mass is 701 g/mol. The standard InChI is InChI=1S/C51H31N3O/c1-3-13-32(14-4-1)49-52-50(33-15-5-2-6-16-33)54-51(53-49)37-18-11-17-34(29-37)35-25-27-43-44(30-35)40-20-8-7-19-39(40)42-23-12-22-38(48(42)43)36-26-28-47-45(31-36)41-21-9-10-24-46(41)55-47/h1-31H. The zero-order chi connectivity index (χ0) is 36.3. The number of benzene rings is 9. The third kappa shape index (κ3) is 5.26. The van der Waals surface area contributed by atoms with Crippen LogP contribution in [0.1, 0.15) is 0 Å². The first kappa shape index (κ1) is 31.1. The van der Waals surface area contributed by atoms with Gasteiger partial charge in [0.25, 0.3) is 0 Å². The van der Waals surface area contributed by atoms with Crippen LogP contribution in [-0.2, 0) is 0 Å². The zero-order valence-corrected chi connectivity index (χ0v) is 29.6. The molecular formula is C51H31N3O. The number of furan rings is 1. The van der Waals surface area contributed by atoms with Crippen LogP contribution < -0.4 is 0 Å². The molecule has 4 nitrogen and oxygen atoms in total. The van der Waals surface area contributed by atoms with Crippen molar-refractivity contribution in [1.82, 2.24) is 15.0 Å². The Labute approximate surface area is 317 Å². The molecule has 0 aliphatic heterocycles. The molecule has 0 aliphatic rings. The molecule has 0 saturated carbocycles. The van der Waals surface area contributed by atoms with E-state index in [1.165, 1.54) is 43.4 Å². The number of rotatable bonds is 5. The minimum atomic E-state index is 0.638.